The van der Waals surface area contributed by atoms with Crippen LogP contribution >= 0.6 is 0 Å². The molecule has 2 aromatic rings. The van der Waals surface area contributed by atoms with Crippen molar-refractivity contribution in [1.82, 2.24) is 24.7 Å². The van der Waals surface area contributed by atoms with E-state index in [-0.39, 0.29) is 0 Å². The van der Waals surface area contributed by atoms with Gasteiger partial charge in [-0.2, -0.15) is 4.98 Å². The van der Waals surface area contributed by atoms with E-state index in [1.54, 1.807) is 6.33 Å². The second-order valence-corrected chi connectivity index (χ2v) is 4.23. The first kappa shape index (κ1) is 13.3. The molecule has 0 saturated carbocycles. The zero-order valence-electron chi connectivity index (χ0n) is 11.4. The van der Waals surface area contributed by atoms with Gasteiger partial charge >= 0.3 is 0 Å². The van der Waals surface area contributed by atoms with E-state index in [0.717, 1.165) is 17.9 Å². The van der Waals surface area contributed by atoms with E-state index in [0.29, 0.717) is 25.0 Å². The van der Waals surface area contributed by atoms with E-state index in [1.807, 2.05) is 24.6 Å². The first-order chi connectivity index (χ1) is 9.19. The van der Waals surface area contributed by atoms with Crippen LogP contribution < -0.4 is 10.1 Å². The van der Waals surface area contributed by atoms with Crippen molar-refractivity contribution in [1.29, 1.82) is 0 Å². The predicted molar refractivity (Wildman–Crippen MR) is 70.9 cm³/mol. The van der Waals surface area contributed by atoms with Crippen LogP contribution in [0.2, 0.25) is 0 Å². The number of ether oxygens (including phenoxy) is 1. The van der Waals surface area contributed by atoms with Gasteiger partial charge in [0.05, 0.1) is 13.2 Å². The first-order valence-electron chi connectivity index (χ1n) is 6.24. The molecule has 19 heavy (non-hydrogen) atoms. The van der Waals surface area contributed by atoms with Crippen LogP contribution in [0, 0.1) is 6.92 Å². The zero-order valence-corrected chi connectivity index (χ0v) is 11.4. The average Bonchev–Trinajstić information content (AvgIpc) is 2.79. The Hall–Kier alpha value is -2.18. The molecule has 102 valence electrons. The summed E-state index contributed by atoms with van der Waals surface area (Å²) in [6.45, 7) is 5.14. The number of aryl methyl sites for hydroxylation is 2. The van der Waals surface area contributed by atoms with Crippen molar-refractivity contribution < 1.29 is 4.74 Å². The number of aromatic nitrogens is 5. The molecule has 2 aromatic heterocycles. The lowest BCUT2D eigenvalue weighted by Crippen LogP contribution is -2.09. The van der Waals surface area contributed by atoms with Gasteiger partial charge in [-0.05, 0) is 13.3 Å². The van der Waals surface area contributed by atoms with Crippen LogP contribution in [0.1, 0.15) is 24.9 Å². The Labute approximate surface area is 112 Å². The Bertz CT molecular complexity index is 539. The molecule has 0 aliphatic carbocycles. The van der Waals surface area contributed by atoms with Gasteiger partial charge in [-0.3, -0.25) is 0 Å². The fourth-order valence-electron chi connectivity index (χ4n) is 1.52. The summed E-state index contributed by atoms with van der Waals surface area (Å²) < 4.78 is 7.36. The van der Waals surface area contributed by atoms with Gasteiger partial charge in [0.25, 0.3) is 0 Å². The van der Waals surface area contributed by atoms with E-state index in [9.17, 15) is 0 Å². The third kappa shape index (κ3) is 3.64. The second kappa shape index (κ2) is 6.12. The molecule has 0 amide bonds. The Kier molecular flexibility index (Phi) is 4.27. The van der Waals surface area contributed by atoms with Crippen molar-refractivity contribution in [3.05, 3.63) is 23.9 Å². The highest BCUT2D eigenvalue weighted by molar-refractivity contribution is 5.30. The lowest BCUT2D eigenvalue weighted by molar-refractivity contribution is 0.305. The number of anilines is 1. The third-order valence-electron chi connectivity index (χ3n) is 2.49. The lowest BCUT2D eigenvalue weighted by atomic mass is 10.4. The molecule has 0 unspecified atom stereocenters. The molecule has 0 bridgehead atoms. The number of nitrogens with one attached hydrogen (secondary N) is 1. The number of hydrogen-bond acceptors (Lipinski definition) is 6. The molecule has 0 aliphatic heterocycles. The summed E-state index contributed by atoms with van der Waals surface area (Å²) in [5, 5.41) is 10.9. The van der Waals surface area contributed by atoms with Crippen LogP contribution in [0.3, 0.4) is 0 Å². The molecule has 1 N–H and O–H groups in total. The molecule has 0 atom stereocenters. The minimum Gasteiger partial charge on any atom is -0.478 e. The summed E-state index contributed by atoms with van der Waals surface area (Å²) in [4.78, 5) is 8.61. The van der Waals surface area contributed by atoms with E-state index >= 15 is 0 Å². The van der Waals surface area contributed by atoms with E-state index in [4.69, 9.17) is 4.74 Å². The molecular formula is C12H18N6O. The minimum atomic E-state index is 0.521. The molecule has 0 saturated heterocycles. The van der Waals surface area contributed by atoms with Crippen LogP contribution in [0.4, 0.5) is 5.95 Å². The summed E-state index contributed by atoms with van der Waals surface area (Å²) in [7, 11) is 1.89. The van der Waals surface area contributed by atoms with Crippen molar-refractivity contribution in [3.63, 3.8) is 0 Å². The molecule has 0 aliphatic rings. The SMILES string of the molecule is CCCOc1cc(C)nc(NCc2nncn2C)n1. The van der Waals surface area contributed by atoms with E-state index in [1.165, 1.54) is 0 Å². The van der Waals surface area contributed by atoms with Gasteiger partial charge in [0, 0.05) is 18.8 Å². The highest BCUT2D eigenvalue weighted by atomic mass is 16.5. The van der Waals surface area contributed by atoms with Gasteiger partial charge in [-0.25, -0.2) is 4.98 Å². The summed E-state index contributed by atoms with van der Waals surface area (Å²) in [6.07, 6.45) is 2.61. The summed E-state index contributed by atoms with van der Waals surface area (Å²) in [5.74, 6) is 1.95. The number of nitrogens with zero attached hydrogens (tertiary/aromatic N) is 5. The summed E-state index contributed by atoms with van der Waals surface area (Å²) in [5.41, 5.74) is 0.863. The fraction of sp³-hybridized carbons (Fsp3) is 0.500. The normalized spacial score (nSPS) is 10.5. The Morgan fingerprint density at radius 3 is 2.89 bits per heavy atom. The van der Waals surface area contributed by atoms with Crippen molar-refractivity contribution in [2.75, 3.05) is 11.9 Å². The Morgan fingerprint density at radius 2 is 2.21 bits per heavy atom. The summed E-state index contributed by atoms with van der Waals surface area (Å²) >= 11 is 0. The minimum absolute atomic E-state index is 0.521. The van der Waals surface area contributed by atoms with Gasteiger partial charge in [-0.15, -0.1) is 10.2 Å². The molecule has 2 heterocycles. The molecule has 7 heteroatoms. The van der Waals surface area contributed by atoms with Gasteiger partial charge in [-0.1, -0.05) is 6.92 Å². The Balaban J connectivity index is 2.03. The molecule has 0 spiro atoms. The quantitative estimate of drug-likeness (QED) is 0.845. The molecule has 0 fully saturated rings. The first-order valence-corrected chi connectivity index (χ1v) is 6.24. The van der Waals surface area contributed by atoms with Crippen LogP contribution in [-0.4, -0.2) is 31.3 Å². The van der Waals surface area contributed by atoms with Gasteiger partial charge < -0.3 is 14.6 Å². The van der Waals surface area contributed by atoms with Crippen LogP contribution in [0.25, 0.3) is 0 Å². The van der Waals surface area contributed by atoms with Gasteiger partial charge in [0.15, 0.2) is 5.82 Å². The molecule has 2 rings (SSSR count). The van der Waals surface area contributed by atoms with Crippen LogP contribution in [0.5, 0.6) is 5.88 Å². The van der Waals surface area contributed by atoms with Crippen molar-refractivity contribution in [3.8, 4) is 5.88 Å². The van der Waals surface area contributed by atoms with Crippen molar-refractivity contribution >= 4 is 5.95 Å². The maximum atomic E-state index is 5.51. The number of hydrogen-bond donors (Lipinski definition) is 1. The lowest BCUT2D eigenvalue weighted by Gasteiger charge is -2.08. The van der Waals surface area contributed by atoms with E-state index in [2.05, 4.69) is 32.4 Å². The maximum Gasteiger partial charge on any atom is 0.226 e. The standard InChI is InChI=1S/C12H18N6O/c1-4-5-19-11-6-9(2)15-12(16-11)13-7-10-17-14-8-18(10)3/h6,8H,4-5,7H2,1-3H3,(H,13,15,16). The second-order valence-electron chi connectivity index (χ2n) is 4.23. The van der Waals surface area contributed by atoms with Gasteiger partial charge in [0.2, 0.25) is 11.8 Å². The Morgan fingerprint density at radius 1 is 1.37 bits per heavy atom. The third-order valence-corrected chi connectivity index (χ3v) is 2.49. The zero-order chi connectivity index (χ0) is 13.7. The van der Waals surface area contributed by atoms with Crippen LogP contribution in [0.15, 0.2) is 12.4 Å². The predicted octanol–water partition coefficient (Wildman–Crippen LogP) is 1.31. The average molecular weight is 262 g/mol. The molecular weight excluding hydrogens is 244 g/mol. The monoisotopic (exact) mass is 262 g/mol. The smallest absolute Gasteiger partial charge is 0.226 e. The highest BCUT2D eigenvalue weighted by Gasteiger charge is 2.05. The fourth-order valence-corrected chi connectivity index (χ4v) is 1.52. The van der Waals surface area contributed by atoms with Gasteiger partial charge in [0.1, 0.15) is 6.33 Å². The van der Waals surface area contributed by atoms with Crippen LogP contribution in [-0.2, 0) is 13.6 Å². The number of rotatable bonds is 6. The molecule has 0 radical (unpaired) electrons. The van der Waals surface area contributed by atoms with E-state index < -0.39 is 0 Å². The molecule has 7 nitrogen and oxygen atoms in total. The summed E-state index contributed by atoms with van der Waals surface area (Å²) in [6, 6.07) is 1.82. The highest BCUT2D eigenvalue weighted by Crippen LogP contribution is 2.12. The van der Waals surface area contributed by atoms with Crippen molar-refractivity contribution in [2.24, 2.45) is 7.05 Å². The maximum absolute atomic E-state index is 5.51. The van der Waals surface area contributed by atoms with Crippen molar-refractivity contribution in [2.45, 2.75) is 26.8 Å². The largest absolute Gasteiger partial charge is 0.478 e. The topological polar surface area (TPSA) is 77.8 Å². The molecule has 0 aromatic carbocycles.